The number of rotatable bonds is 2. The van der Waals surface area contributed by atoms with Crippen LogP contribution >= 0.6 is 0 Å². The number of likely N-dealkylation sites (tertiary alicyclic amines) is 1. The highest BCUT2D eigenvalue weighted by atomic mass is 16.5. The van der Waals surface area contributed by atoms with Crippen molar-refractivity contribution in [3.05, 3.63) is 11.6 Å². The molecule has 0 spiro atoms. The van der Waals surface area contributed by atoms with E-state index in [1.165, 1.54) is 0 Å². The summed E-state index contributed by atoms with van der Waals surface area (Å²) >= 11 is 0. The smallest absolute Gasteiger partial charge is 0.334 e. The van der Waals surface area contributed by atoms with Crippen molar-refractivity contribution in [1.82, 2.24) is 4.90 Å². The van der Waals surface area contributed by atoms with Gasteiger partial charge in [-0.15, -0.1) is 0 Å². The van der Waals surface area contributed by atoms with Crippen molar-refractivity contribution in [2.75, 3.05) is 6.54 Å². The lowest BCUT2D eigenvalue weighted by atomic mass is 10.1. The van der Waals surface area contributed by atoms with Crippen molar-refractivity contribution in [1.29, 1.82) is 0 Å². The highest BCUT2D eigenvalue weighted by molar-refractivity contribution is 5.90. The summed E-state index contributed by atoms with van der Waals surface area (Å²) in [6.07, 6.45) is 4.34. The molecular weight excluding hydrogens is 182 g/mol. The van der Waals surface area contributed by atoms with E-state index in [0.717, 1.165) is 25.8 Å². The molecular formula is C10H13NO3. The molecule has 2 aliphatic rings. The Kier molecular flexibility index (Phi) is 2.27. The van der Waals surface area contributed by atoms with Crippen molar-refractivity contribution < 1.29 is 14.3 Å². The van der Waals surface area contributed by atoms with Gasteiger partial charge in [0.05, 0.1) is 6.04 Å². The Morgan fingerprint density at radius 2 is 2.43 bits per heavy atom. The molecule has 0 saturated carbocycles. The Morgan fingerprint density at radius 1 is 1.64 bits per heavy atom. The van der Waals surface area contributed by atoms with Crippen molar-refractivity contribution in [2.45, 2.75) is 31.9 Å². The first-order chi connectivity index (χ1) is 6.72. The first kappa shape index (κ1) is 9.24. The second kappa shape index (κ2) is 3.44. The fourth-order valence-electron chi connectivity index (χ4n) is 2.05. The monoisotopic (exact) mass is 195 g/mol. The standard InChI is InChI=1S/C10H13NO3/c1-7-5-9(14-10(7)13)8-3-2-4-11(8)6-12/h5-6,8-9H,2-4H2,1H3/t8-,9-/m1/s1. The zero-order valence-electron chi connectivity index (χ0n) is 8.10. The van der Waals surface area contributed by atoms with Gasteiger partial charge in [-0.2, -0.15) is 0 Å². The van der Waals surface area contributed by atoms with Crippen LogP contribution in [0.2, 0.25) is 0 Å². The number of hydrogen-bond donors (Lipinski definition) is 0. The number of esters is 1. The van der Waals surface area contributed by atoms with E-state index in [2.05, 4.69) is 0 Å². The maximum absolute atomic E-state index is 11.1. The van der Waals surface area contributed by atoms with E-state index < -0.39 is 0 Å². The van der Waals surface area contributed by atoms with Gasteiger partial charge in [-0.1, -0.05) is 0 Å². The Hall–Kier alpha value is -1.32. The fourth-order valence-corrected chi connectivity index (χ4v) is 2.05. The summed E-state index contributed by atoms with van der Waals surface area (Å²) < 4.78 is 5.16. The predicted molar refractivity (Wildman–Crippen MR) is 49.4 cm³/mol. The molecule has 2 rings (SSSR count). The average Bonchev–Trinajstić information content (AvgIpc) is 2.73. The van der Waals surface area contributed by atoms with Crippen LogP contribution in [0.5, 0.6) is 0 Å². The van der Waals surface area contributed by atoms with Gasteiger partial charge in [0.1, 0.15) is 6.10 Å². The summed E-state index contributed by atoms with van der Waals surface area (Å²) in [5, 5.41) is 0. The second-order valence-electron chi connectivity index (χ2n) is 3.77. The van der Waals surface area contributed by atoms with Crippen LogP contribution in [0.1, 0.15) is 19.8 Å². The largest absolute Gasteiger partial charge is 0.453 e. The number of ether oxygens (including phenoxy) is 1. The quantitative estimate of drug-likeness (QED) is 0.475. The minimum absolute atomic E-state index is 0.0499. The zero-order valence-corrected chi connectivity index (χ0v) is 8.10. The summed E-state index contributed by atoms with van der Waals surface area (Å²) in [5.74, 6) is -0.257. The molecule has 0 unspecified atom stereocenters. The molecule has 2 heterocycles. The van der Waals surface area contributed by atoms with Gasteiger partial charge in [0.2, 0.25) is 6.41 Å². The van der Waals surface area contributed by atoms with E-state index in [1.54, 1.807) is 11.8 Å². The number of hydrogen-bond acceptors (Lipinski definition) is 3. The van der Waals surface area contributed by atoms with E-state index in [-0.39, 0.29) is 18.1 Å². The first-order valence-corrected chi connectivity index (χ1v) is 4.83. The molecule has 76 valence electrons. The topological polar surface area (TPSA) is 46.6 Å². The maximum atomic E-state index is 11.1. The SMILES string of the molecule is CC1=C[C@H]([C@H]2CCCN2C=O)OC1=O. The highest BCUT2D eigenvalue weighted by Crippen LogP contribution is 2.25. The van der Waals surface area contributed by atoms with Gasteiger partial charge in [-0.25, -0.2) is 4.79 Å². The van der Waals surface area contributed by atoms with Crippen LogP contribution < -0.4 is 0 Å². The van der Waals surface area contributed by atoms with Gasteiger partial charge in [0, 0.05) is 12.1 Å². The second-order valence-corrected chi connectivity index (χ2v) is 3.77. The van der Waals surface area contributed by atoms with Crippen LogP contribution in [0.4, 0.5) is 0 Å². The third-order valence-corrected chi connectivity index (χ3v) is 2.84. The Labute approximate surface area is 82.5 Å². The van der Waals surface area contributed by atoms with Gasteiger partial charge in [0.25, 0.3) is 0 Å². The van der Waals surface area contributed by atoms with Crippen LogP contribution in [0, 0.1) is 0 Å². The molecule has 4 nitrogen and oxygen atoms in total. The molecule has 4 heteroatoms. The number of amides is 1. The number of carbonyl (C=O) groups is 2. The van der Waals surface area contributed by atoms with Gasteiger partial charge >= 0.3 is 5.97 Å². The first-order valence-electron chi connectivity index (χ1n) is 4.83. The molecule has 0 aromatic heterocycles. The minimum Gasteiger partial charge on any atom is -0.453 e. The van der Waals surface area contributed by atoms with Crippen molar-refractivity contribution in [3.63, 3.8) is 0 Å². The molecule has 2 atom stereocenters. The molecule has 1 amide bonds. The maximum Gasteiger partial charge on any atom is 0.334 e. The molecule has 1 saturated heterocycles. The molecule has 0 aliphatic carbocycles. The Balaban J connectivity index is 2.09. The third-order valence-electron chi connectivity index (χ3n) is 2.84. The van der Waals surface area contributed by atoms with E-state index in [1.807, 2.05) is 6.08 Å². The average molecular weight is 195 g/mol. The van der Waals surface area contributed by atoms with E-state index in [4.69, 9.17) is 4.74 Å². The lowest BCUT2D eigenvalue weighted by Gasteiger charge is -2.23. The number of nitrogens with zero attached hydrogens (tertiary/aromatic N) is 1. The van der Waals surface area contributed by atoms with Crippen LogP contribution in [-0.2, 0) is 14.3 Å². The summed E-state index contributed by atoms with van der Waals surface area (Å²) in [6.45, 7) is 2.51. The van der Waals surface area contributed by atoms with Gasteiger partial charge < -0.3 is 9.64 Å². The normalized spacial score (nSPS) is 31.6. The summed E-state index contributed by atoms with van der Waals surface area (Å²) in [4.78, 5) is 23.6. The van der Waals surface area contributed by atoms with Crippen LogP contribution in [0.15, 0.2) is 11.6 Å². The molecule has 0 bridgehead atoms. The van der Waals surface area contributed by atoms with Gasteiger partial charge in [-0.3, -0.25) is 4.79 Å². The zero-order chi connectivity index (χ0) is 10.1. The lowest BCUT2D eigenvalue weighted by Crippen LogP contribution is -2.37. The summed E-state index contributed by atoms with van der Waals surface area (Å²) in [5.41, 5.74) is 0.646. The predicted octanol–water partition coefficient (Wildman–Crippen LogP) is 0.479. The van der Waals surface area contributed by atoms with Crippen LogP contribution in [0.3, 0.4) is 0 Å². The molecule has 0 aromatic rings. The van der Waals surface area contributed by atoms with Gasteiger partial charge in [0.15, 0.2) is 0 Å². The minimum atomic E-state index is -0.257. The summed E-state index contributed by atoms with van der Waals surface area (Å²) in [6, 6.07) is 0.0499. The molecule has 1 fully saturated rings. The third kappa shape index (κ3) is 1.41. The molecule has 0 N–H and O–H groups in total. The Morgan fingerprint density at radius 3 is 3.00 bits per heavy atom. The number of carbonyl (C=O) groups excluding carboxylic acids is 2. The molecule has 0 aromatic carbocycles. The highest BCUT2D eigenvalue weighted by Gasteiger charge is 2.35. The van der Waals surface area contributed by atoms with E-state index in [9.17, 15) is 9.59 Å². The van der Waals surface area contributed by atoms with Crippen molar-refractivity contribution in [2.24, 2.45) is 0 Å². The lowest BCUT2D eigenvalue weighted by molar-refractivity contribution is -0.142. The van der Waals surface area contributed by atoms with Crippen molar-refractivity contribution in [3.8, 4) is 0 Å². The van der Waals surface area contributed by atoms with Crippen molar-refractivity contribution >= 4 is 12.4 Å². The summed E-state index contributed by atoms with van der Waals surface area (Å²) in [7, 11) is 0. The molecule has 14 heavy (non-hydrogen) atoms. The number of cyclic esters (lactones) is 1. The van der Waals surface area contributed by atoms with Gasteiger partial charge in [-0.05, 0) is 25.8 Å². The molecule has 2 aliphatic heterocycles. The van der Waals surface area contributed by atoms with Crippen LogP contribution in [-0.4, -0.2) is 36.0 Å². The van der Waals surface area contributed by atoms with E-state index >= 15 is 0 Å². The van der Waals surface area contributed by atoms with E-state index in [0.29, 0.717) is 5.57 Å². The molecule has 0 radical (unpaired) electrons. The van der Waals surface area contributed by atoms with Crippen LogP contribution in [0.25, 0.3) is 0 Å². The Bertz CT molecular complexity index is 298. The fraction of sp³-hybridized carbons (Fsp3) is 0.600.